The first-order chi connectivity index (χ1) is 9.09. The fraction of sp³-hybridized carbons (Fsp3) is 0.417. The number of nitrogens with zero attached hydrogens (tertiary/aromatic N) is 1. The molecule has 2 N–H and O–H groups in total. The number of para-hydroxylation sites is 1. The monoisotopic (exact) mass is 266 g/mol. The van der Waals surface area contributed by atoms with Gasteiger partial charge < -0.3 is 15.2 Å². The molecule has 0 saturated carbocycles. The smallest absolute Gasteiger partial charge is 0.296 e. The summed E-state index contributed by atoms with van der Waals surface area (Å²) >= 11 is 0. The maximum Gasteiger partial charge on any atom is 0.296 e. The summed E-state index contributed by atoms with van der Waals surface area (Å²) in [6.07, 6.45) is 1.74. The summed E-state index contributed by atoms with van der Waals surface area (Å²) in [6, 6.07) is 3.85. The summed E-state index contributed by atoms with van der Waals surface area (Å²) in [7, 11) is 0. The number of hydrogen-bond donors (Lipinski definition) is 2. The summed E-state index contributed by atoms with van der Waals surface area (Å²) in [6.45, 7) is 0.501. The molecule has 1 heterocycles. The highest BCUT2D eigenvalue weighted by atomic mass is 16.6. The molecule has 0 radical (unpaired) electrons. The summed E-state index contributed by atoms with van der Waals surface area (Å²) in [5, 5.41) is 22.8. The normalized spacial score (nSPS) is 18.8. The summed E-state index contributed by atoms with van der Waals surface area (Å²) in [4.78, 5) is 22.1. The molecular formula is C12H14N2O5. The summed E-state index contributed by atoms with van der Waals surface area (Å²) < 4.78 is 5.29. The first-order valence-corrected chi connectivity index (χ1v) is 5.98. The molecule has 2 rings (SSSR count). The number of carbonyl (C=O) groups excluding carboxylic acids is 1. The van der Waals surface area contributed by atoms with Crippen LogP contribution in [-0.2, 0) is 9.53 Å². The number of rotatable bonds is 3. The number of phenols is 1. The van der Waals surface area contributed by atoms with Gasteiger partial charge in [-0.25, -0.2) is 0 Å². The van der Waals surface area contributed by atoms with Crippen molar-refractivity contribution in [3.8, 4) is 5.75 Å². The predicted octanol–water partition coefficient (Wildman–Crippen LogP) is 1.81. The molecule has 0 aromatic heterocycles. The highest BCUT2D eigenvalue weighted by Crippen LogP contribution is 2.33. The molecular weight excluding hydrogens is 252 g/mol. The average molecular weight is 266 g/mol. The van der Waals surface area contributed by atoms with Gasteiger partial charge in [0.05, 0.1) is 4.92 Å². The highest BCUT2D eigenvalue weighted by molar-refractivity contribution is 5.97. The van der Waals surface area contributed by atoms with Crippen LogP contribution in [0, 0.1) is 10.1 Å². The molecule has 102 valence electrons. The van der Waals surface area contributed by atoms with Crippen molar-refractivity contribution in [2.24, 2.45) is 0 Å². The van der Waals surface area contributed by atoms with Crippen LogP contribution in [0.5, 0.6) is 5.75 Å². The summed E-state index contributed by atoms with van der Waals surface area (Å²) in [5.41, 5.74) is -0.532. The largest absolute Gasteiger partial charge is 0.505 e. The minimum atomic E-state index is -0.656. The Labute approximate surface area is 109 Å². The molecule has 1 atom stereocenters. The van der Waals surface area contributed by atoms with Crippen molar-refractivity contribution in [1.82, 2.24) is 0 Å². The van der Waals surface area contributed by atoms with E-state index in [2.05, 4.69) is 5.32 Å². The number of anilines is 1. The Kier molecular flexibility index (Phi) is 3.96. The number of phenolic OH excluding ortho intramolecular Hbond substituents is 1. The van der Waals surface area contributed by atoms with E-state index in [-0.39, 0.29) is 17.1 Å². The van der Waals surface area contributed by atoms with Gasteiger partial charge in [-0.15, -0.1) is 0 Å². The molecule has 1 aromatic carbocycles. The van der Waals surface area contributed by atoms with Crippen LogP contribution in [0.2, 0.25) is 0 Å². The van der Waals surface area contributed by atoms with Gasteiger partial charge in [0.15, 0.2) is 5.69 Å². The van der Waals surface area contributed by atoms with E-state index in [4.69, 9.17) is 4.74 Å². The van der Waals surface area contributed by atoms with E-state index in [1.807, 2.05) is 0 Å². The van der Waals surface area contributed by atoms with E-state index in [9.17, 15) is 20.0 Å². The van der Waals surface area contributed by atoms with E-state index in [0.717, 1.165) is 12.8 Å². The van der Waals surface area contributed by atoms with Gasteiger partial charge >= 0.3 is 0 Å². The second kappa shape index (κ2) is 5.66. The Bertz CT molecular complexity index is 497. The Morgan fingerprint density at radius 1 is 1.47 bits per heavy atom. The van der Waals surface area contributed by atoms with Crippen LogP contribution in [0.1, 0.15) is 19.3 Å². The molecule has 1 saturated heterocycles. The second-order valence-electron chi connectivity index (χ2n) is 4.27. The zero-order valence-corrected chi connectivity index (χ0v) is 10.2. The minimum absolute atomic E-state index is 0.188. The molecule has 1 fully saturated rings. The Hall–Kier alpha value is -2.15. The Balaban J connectivity index is 2.18. The van der Waals surface area contributed by atoms with E-state index < -0.39 is 16.9 Å². The third kappa shape index (κ3) is 3.00. The second-order valence-corrected chi connectivity index (χ2v) is 4.27. The standard InChI is InChI=1S/C12H14N2O5/c15-9-5-3-4-8(14(17)18)11(9)13-12(16)10-6-1-2-7-19-10/h3-5,10,15H,1-2,6-7H2,(H,13,16). The Morgan fingerprint density at radius 2 is 2.26 bits per heavy atom. The fourth-order valence-electron chi connectivity index (χ4n) is 1.96. The van der Waals surface area contributed by atoms with Crippen LogP contribution in [0.3, 0.4) is 0 Å². The zero-order chi connectivity index (χ0) is 13.8. The number of amides is 1. The third-order valence-corrected chi connectivity index (χ3v) is 2.94. The van der Waals surface area contributed by atoms with Crippen molar-refractivity contribution in [3.05, 3.63) is 28.3 Å². The van der Waals surface area contributed by atoms with Crippen molar-refractivity contribution >= 4 is 17.3 Å². The molecule has 7 nitrogen and oxygen atoms in total. The van der Waals surface area contributed by atoms with Crippen LogP contribution in [0.25, 0.3) is 0 Å². The van der Waals surface area contributed by atoms with Gasteiger partial charge in [0, 0.05) is 12.7 Å². The molecule has 1 unspecified atom stereocenters. The van der Waals surface area contributed by atoms with Crippen LogP contribution >= 0.6 is 0 Å². The number of ether oxygens (including phenoxy) is 1. The number of nitro groups is 1. The quantitative estimate of drug-likeness (QED) is 0.493. The third-order valence-electron chi connectivity index (χ3n) is 2.94. The number of benzene rings is 1. The van der Waals surface area contributed by atoms with E-state index >= 15 is 0 Å². The number of carbonyl (C=O) groups is 1. The van der Waals surface area contributed by atoms with Gasteiger partial charge in [0.1, 0.15) is 11.9 Å². The van der Waals surface area contributed by atoms with Crippen molar-refractivity contribution in [3.63, 3.8) is 0 Å². The van der Waals surface area contributed by atoms with Crippen LogP contribution < -0.4 is 5.32 Å². The lowest BCUT2D eigenvalue weighted by molar-refractivity contribution is -0.384. The minimum Gasteiger partial charge on any atom is -0.505 e. The fourth-order valence-corrected chi connectivity index (χ4v) is 1.96. The van der Waals surface area contributed by atoms with Crippen LogP contribution in [-0.4, -0.2) is 28.6 Å². The zero-order valence-electron chi connectivity index (χ0n) is 10.2. The lowest BCUT2D eigenvalue weighted by atomic mass is 10.1. The Morgan fingerprint density at radius 3 is 2.89 bits per heavy atom. The molecule has 1 aliphatic rings. The van der Waals surface area contributed by atoms with Crippen LogP contribution in [0.4, 0.5) is 11.4 Å². The van der Waals surface area contributed by atoms with Gasteiger partial charge in [-0.05, 0) is 25.3 Å². The van der Waals surface area contributed by atoms with Gasteiger partial charge in [0.25, 0.3) is 11.6 Å². The maximum atomic E-state index is 11.9. The number of hydrogen-bond acceptors (Lipinski definition) is 5. The van der Waals surface area contributed by atoms with Crippen molar-refractivity contribution in [2.75, 3.05) is 11.9 Å². The molecule has 0 bridgehead atoms. The summed E-state index contributed by atoms with van der Waals surface area (Å²) in [5.74, 6) is -0.803. The van der Waals surface area contributed by atoms with E-state index in [0.29, 0.717) is 13.0 Å². The van der Waals surface area contributed by atoms with Gasteiger partial charge in [-0.2, -0.15) is 0 Å². The predicted molar refractivity (Wildman–Crippen MR) is 67.0 cm³/mol. The van der Waals surface area contributed by atoms with Crippen LogP contribution in [0.15, 0.2) is 18.2 Å². The lowest BCUT2D eigenvalue weighted by Gasteiger charge is -2.21. The topological polar surface area (TPSA) is 102 Å². The average Bonchev–Trinajstić information content (AvgIpc) is 2.41. The van der Waals surface area contributed by atoms with Crippen molar-refractivity contribution in [2.45, 2.75) is 25.4 Å². The first kappa shape index (κ1) is 13.3. The van der Waals surface area contributed by atoms with E-state index in [1.54, 1.807) is 0 Å². The van der Waals surface area contributed by atoms with Gasteiger partial charge in [-0.3, -0.25) is 14.9 Å². The number of nitrogens with one attached hydrogen (secondary N) is 1. The number of nitro benzene ring substituents is 1. The van der Waals surface area contributed by atoms with Gasteiger partial charge in [0.2, 0.25) is 0 Å². The van der Waals surface area contributed by atoms with E-state index in [1.165, 1.54) is 18.2 Å². The molecule has 1 amide bonds. The van der Waals surface area contributed by atoms with Gasteiger partial charge in [-0.1, -0.05) is 6.07 Å². The van der Waals surface area contributed by atoms with Crippen molar-refractivity contribution < 1.29 is 19.6 Å². The molecule has 1 aromatic rings. The van der Waals surface area contributed by atoms with Crippen molar-refractivity contribution in [1.29, 1.82) is 0 Å². The molecule has 7 heteroatoms. The number of aromatic hydroxyl groups is 1. The maximum absolute atomic E-state index is 11.9. The SMILES string of the molecule is O=C(Nc1c(O)cccc1[N+](=O)[O-])C1CCCCO1. The molecule has 19 heavy (non-hydrogen) atoms. The molecule has 0 aliphatic carbocycles. The molecule has 1 aliphatic heterocycles. The molecule has 0 spiro atoms. The highest BCUT2D eigenvalue weighted by Gasteiger charge is 2.26. The first-order valence-electron chi connectivity index (χ1n) is 5.98. The lowest BCUT2D eigenvalue weighted by Crippen LogP contribution is -2.33.